The molecule has 5 nitrogen and oxygen atoms in total. The van der Waals surface area contributed by atoms with Gasteiger partial charge in [0.1, 0.15) is 5.82 Å². The maximum atomic E-state index is 13.7. The second-order valence-electron chi connectivity index (χ2n) is 3.67. The zero-order valence-corrected chi connectivity index (χ0v) is 11.3. The second-order valence-corrected chi connectivity index (χ2v) is 4.52. The Bertz CT molecular complexity index is 613. The fraction of sp³-hybridized carbons (Fsp3) is 0.182. The standard InChI is InChI=1S/C11H11BrFN3O2/c1-16-11(14)6(4-15-16)5-3-7(12)8(13)10(18-2)9(5)17/h3-4,17H,14H2,1-2H3. The number of benzene rings is 1. The van der Waals surface area contributed by atoms with E-state index in [2.05, 4.69) is 21.0 Å². The Labute approximate surface area is 111 Å². The number of aryl methyl sites for hydroxylation is 1. The van der Waals surface area contributed by atoms with Crippen molar-refractivity contribution in [1.82, 2.24) is 9.78 Å². The van der Waals surface area contributed by atoms with E-state index < -0.39 is 5.82 Å². The van der Waals surface area contributed by atoms with Crippen molar-refractivity contribution in [2.45, 2.75) is 0 Å². The van der Waals surface area contributed by atoms with E-state index in [4.69, 9.17) is 10.5 Å². The first kappa shape index (κ1) is 12.7. The van der Waals surface area contributed by atoms with Gasteiger partial charge < -0.3 is 15.6 Å². The monoisotopic (exact) mass is 315 g/mol. The van der Waals surface area contributed by atoms with Crippen LogP contribution in [-0.4, -0.2) is 22.0 Å². The largest absolute Gasteiger partial charge is 0.504 e. The molecular formula is C11H11BrFN3O2. The number of phenols is 1. The topological polar surface area (TPSA) is 73.3 Å². The Kier molecular flexibility index (Phi) is 3.16. The van der Waals surface area contributed by atoms with Crippen LogP contribution < -0.4 is 10.5 Å². The van der Waals surface area contributed by atoms with Crippen LogP contribution in [0.5, 0.6) is 11.5 Å². The minimum Gasteiger partial charge on any atom is -0.504 e. The zero-order valence-electron chi connectivity index (χ0n) is 9.74. The number of rotatable bonds is 2. The van der Waals surface area contributed by atoms with E-state index in [0.29, 0.717) is 16.9 Å². The van der Waals surface area contributed by atoms with Gasteiger partial charge in [0.25, 0.3) is 0 Å². The maximum Gasteiger partial charge on any atom is 0.198 e. The molecule has 0 radical (unpaired) electrons. The van der Waals surface area contributed by atoms with Crippen molar-refractivity contribution in [3.8, 4) is 22.6 Å². The van der Waals surface area contributed by atoms with Crippen LogP contribution in [-0.2, 0) is 7.05 Å². The summed E-state index contributed by atoms with van der Waals surface area (Å²) in [5, 5.41) is 14.0. The van der Waals surface area contributed by atoms with Crippen LogP contribution in [0.3, 0.4) is 0 Å². The first-order valence-corrected chi connectivity index (χ1v) is 5.79. The van der Waals surface area contributed by atoms with Crippen LogP contribution in [0.4, 0.5) is 10.2 Å². The highest BCUT2D eigenvalue weighted by molar-refractivity contribution is 9.10. The van der Waals surface area contributed by atoms with Gasteiger partial charge in [0, 0.05) is 18.2 Å². The lowest BCUT2D eigenvalue weighted by molar-refractivity contribution is 0.351. The number of nitrogens with zero attached hydrogens (tertiary/aromatic N) is 2. The van der Waals surface area contributed by atoms with Crippen molar-refractivity contribution in [2.24, 2.45) is 7.05 Å². The average Bonchev–Trinajstić information content (AvgIpc) is 2.66. The highest BCUT2D eigenvalue weighted by Crippen LogP contribution is 2.43. The van der Waals surface area contributed by atoms with E-state index in [-0.39, 0.29) is 16.0 Å². The van der Waals surface area contributed by atoms with Gasteiger partial charge in [0.2, 0.25) is 0 Å². The molecule has 96 valence electrons. The van der Waals surface area contributed by atoms with Gasteiger partial charge in [-0.1, -0.05) is 0 Å². The van der Waals surface area contributed by atoms with E-state index in [1.165, 1.54) is 24.1 Å². The van der Waals surface area contributed by atoms with E-state index in [9.17, 15) is 9.50 Å². The van der Waals surface area contributed by atoms with Gasteiger partial charge in [-0.25, -0.2) is 4.39 Å². The molecule has 0 fully saturated rings. The molecule has 0 atom stereocenters. The first-order chi connectivity index (χ1) is 8.47. The van der Waals surface area contributed by atoms with Crippen molar-refractivity contribution in [2.75, 3.05) is 12.8 Å². The highest BCUT2D eigenvalue weighted by atomic mass is 79.9. The lowest BCUT2D eigenvalue weighted by Gasteiger charge is -2.11. The molecule has 1 aromatic heterocycles. The summed E-state index contributed by atoms with van der Waals surface area (Å²) in [7, 11) is 2.95. The molecule has 2 aromatic rings. The van der Waals surface area contributed by atoms with Crippen molar-refractivity contribution >= 4 is 21.7 Å². The van der Waals surface area contributed by atoms with Gasteiger partial charge in [0.15, 0.2) is 17.3 Å². The van der Waals surface area contributed by atoms with Gasteiger partial charge in [-0.2, -0.15) is 5.10 Å². The molecule has 0 bridgehead atoms. The Morgan fingerprint density at radius 3 is 2.67 bits per heavy atom. The molecule has 1 aromatic carbocycles. The number of anilines is 1. The summed E-state index contributed by atoms with van der Waals surface area (Å²) in [4.78, 5) is 0. The maximum absolute atomic E-state index is 13.7. The SMILES string of the molecule is COc1c(O)c(-c2cnn(C)c2N)cc(Br)c1F. The van der Waals surface area contributed by atoms with Gasteiger partial charge in [0.05, 0.1) is 17.8 Å². The molecular weight excluding hydrogens is 305 g/mol. The Morgan fingerprint density at radius 1 is 1.50 bits per heavy atom. The number of methoxy groups -OCH3 is 1. The zero-order chi connectivity index (χ0) is 13.4. The number of hydrogen-bond acceptors (Lipinski definition) is 4. The summed E-state index contributed by atoms with van der Waals surface area (Å²) in [5.41, 5.74) is 6.68. The number of halogens is 2. The summed E-state index contributed by atoms with van der Waals surface area (Å²) in [6.07, 6.45) is 1.49. The molecule has 0 aliphatic heterocycles. The fourth-order valence-electron chi connectivity index (χ4n) is 1.64. The first-order valence-electron chi connectivity index (χ1n) is 5.00. The Hall–Kier alpha value is -1.76. The highest BCUT2D eigenvalue weighted by Gasteiger charge is 2.21. The molecule has 0 amide bonds. The van der Waals surface area contributed by atoms with Crippen LogP contribution in [0.1, 0.15) is 0 Å². The minimum atomic E-state index is -0.666. The minimum absolute atomic E-state index is 0.176. The van der Waals surface area contributed by atoms with Crippen molar-refractivity contribution < 1.29 is 14.2 Å². The van der Waals surface area contributed by atoms with Gasteiger partial charge in [-0.15, -0.1) is 0 Å². The summed E-state index contributed by atoms with van der Waals surface area (Å²) >= 11 is 3.07. The number of hydrogen-bond donors (Lipinski definition) is 2. The number of ether oxygens (including phenoxy) is 1. The molecule has 2 rings (SSSR count). The van der Waals surface area contributed by atoms with Crippen LogP contribution in [0.25, 0.3) is 11.1 Å². The van der Waals surface area contributed by atoms with E-state index in [1.54, 1.807) is 7.05 Å². The molecule has 0 saturated heterocycles. The fourth-order valence-corrected chi connectivity index (χ4v) is 2.05. The average molecular weight is 316 g/mol. The number of phenolic OH excluding ortho intramolecular Hbond substituents is 1. The van der Waals surface area contributed by atoms with Gasteiger partial charge in [-0.05, 0) is 22.0 Å². The quantitative estimate of drug-likeness (QED) is 0.891. The molecule has 0 spiro atoms. The lowest BCUT2D eigenvalue weighted by atomic mass is 10.1. The molecule has 1 heterocycles. The summed E-state index contributed by atoms with van der Waals surface area (Å²) in [6, 6.07) is 1.43. The number of nitrogen functional groups attached to an aromatic ring is 1. The molecule has 0 aliphatic rings. The van der Waals surface area contributed by atoms with Crippen LogP contribution in [0.15, 0.2) is 16.7 Å². The Morgan fingerprint density at radius 2 is 2.17 bits per heavy atom. The second kappa shape index (κ2) is 4.49. The van der Waals surface area contributed by atoms with Gasteiger partial charge >= 0.3 is 0 Å². The van der Waals surface area contributed by atoms with E-state index in [0.717, 1.165) is 0 Å². The van der Waals surface area contributed by atoms with Crippen LogP contribution in [0, 0.1) is 5.82 Å². The predicted molar refractivity (Wildman–Crippen MR) is 68.9 cm³/mol. The number of aromatic hydroxyl groups is 1. The smallest absolute Gasteiger partial charge is 0.198 e. The number of nitrogens with two attached hydrogens (primary N) is 1. The lowest BCUT2D eigenvalue weighted by Crippen LogP contribution is -1.99. The molecule has 7 heteroatoms. The third-order valence-corrected chi connectivity index (χ3v) is 3.21. The molecule has 18 heavy (non-hydrogen) atoms. The number of aromatic nitrogens is 2. The third-order valence-electron chi connectivity index (χ3n) is 2.63. The predicted octanol–water partition coefficient (Wildman–Crippen LogP) is 2.29. The summed E-state index contributed by atoms with van der Waals surface area (Å²) < 4.78 is 20.2. The van der Waals surface area contributed by atoms with E-state index in [1.807, 2.05) is 0 Å². The van der Waals surface area contributed by atoms with Crippen LogP contribution in [0.2, 0.25) is 0 Å². The molecule has 0 aliphatic carbocycles. The van der Waals surface area contributed by atoms with Crippen molar-refractivity contribution in [3.63, 3.8) is 0 Å². The molecule has 0 unspecified atom stereocenters. The van der Waals surface area contributed by atoms with Crippen molar-refractivity contribution in [1.29, 1.82) is 0 Å². The normalized spacial score (nSPS) is 10.7. The molecule has 3 N–H and O–H groups in total. The third kappa shape index (κ3) is 1.80. The van der Waals surface area contributed by atoms with Crippen LogP contribution >= 0.6 is 15.9 Å². The molecule has 0 saturated carbocycles. The van der Waals surface area contributed by atoms with Gasteiger partial charge in [-0.3, -0.25) is 4.68 Å². The Balaban J connectivity index is 2.73. The van der Waals surface area contributed by atoms with Crippen molar-refractivity contribution in [3.05, 3.63) is 22.6 Å². The van der Waals surface area contributed by atoms with E-state index >= 15 is 0 Å². The summed E-state index contributed by atoms with van der Waals surface area (Å²) in [6.45, 7) is 0. The summed E-state index contributed by atoms with van der Waals surface area (Å²) in [5.74, 6) is -0.840.